The monoisotopic (exact) mass is 485 g/mol. The van der Waals surface area contributed by atoms with Crippen molar-refractivity contribution < 1.29 is 13.2 Å². The fourth-order valence-corrected chi connectivity index (χ4v) is 4.06. The van der Waals surface area contributed by atoms with Gasteiger partial charge in [-0.25, -0.2) is 0 Å². The molecule has 160 valence electrons. The third-order valence-electron chi connectivity index (χ3n) is 4.31. The molecule has 0 unspecified atom stereocenters. The first-order chi connectivity index (χ1) is 14.8. The van der Waals surface area contributed by atoms with Crippen molar-refractivity contribution in [2.45, 2.75) is 17.1 Å². The van der Waals surface area contributed by atoms with E-state index in [2.05, 4.69) is 25.7 Å². The van der Waals surface area contributed by atoms with Crippen LogP contribution in [-0.2, 0) is 19.0 Å². The molecule has 0 radical (unpaired) electrons. The summed E-state index contributed by atoms with van der Waals surface area (Å²) < 4.78 is 43.2. The van der Waals surface area contributed by atoms with Crippen molar-refractivity contribution in [3.63, 3.8) is 0 Å². The molecular formula is C18H12Cl2F3N7S. The van der Waals surface area contributed by atoms with Gasteiger partial charge < -0.3 is 4.57 Å². The molecule has 0 aliphatic rings. The van der Waals surface area contributed by atoms with Gasteiger partial charge in [0, 0.05) is 17.6 Å². The number of halogens is 5. The van der Waals surface area contributed by atoms with Crippen LogP contribution < -0.4 is 0 Å². The number of aromatic nitrogens is 7. The Balaban J connectivity index is 1.61. The highest BCUT2D eigenvalue weighted by molar-refractivity contribution is 7.98. The second-order valence-corrected chi connectivity index (χ2v) is 8.09. The minimum atomic E-state index is -4.62. The molecule has 0 fully saturated rings. The molecule has 0 spiro atoms. The van der Waals surface area contributed by atoms with Crippen LogP contribution in [0.1, 0.15) is 11.4 Å². The Morgan fingerprint density at radius 2 is 1.81 bits per heavy atom. The minimum absolute atomic E-state index is 0.0359. The van der Waals surface area contributed by atoms with Crippen LogP contribution in [0, 0.1) is 0 Å². The number of benzene rings is 2. The first kappa shape index (κ1) is 21.6. The van der Waals surface area contributed by atoms with Crippen LogP contribution in [0.4, 0.5) is 13.2 Å². The molecule has 0 atom stereocenters. The van der Waals surface area contributed by atoms with Gasteiger partial charge in [0.1, 0.15) is 0 Å². The molecule has 7 nitrogen and oxygen atoms in total. The van der Waals surface area contributed by atoms with Gasteiger partial charge in [-0.1, -0.05) is 47.1 Å². The lowest BCUT2D eigenvalue weighted by molar-refractivity contribution is -0.137. The van der Waals surface area contributed by atoms with Crippen LogP contribution in [0.15, 0.2) is 47.6 Å². The molecule has 31 heavy (non-hydrogen) atoms. The van der Waals surface area contributed by atoms with Gasteiger partial charge >= 0.3 is 6.18 Å². The highest BCUT2D eigenvalue weighted by atomic mass is 35.5. The Morgan fingerprint density at radius 1 is 1.03 bits per heavy atom. The summed E-state index contributed by atoms with van der Waals surface area (Å²) in [5.74, 6) is 0.923. The average molecular weight is 486 g/mol. The minimum Gasteiger partial charge on any atom is -0.305 e. The van der Waals surface area contributed by atoms with Gasteiger partial charge in [0.05, 0.1) is 22.0 Å². The van der Waals surface area contributed by atoms with Gasteiger partial charge in [0.2, 0.25) is 0 Å². The summed E-state index contributed by atoms with van der Waals surface area (Å²) >= 11 is 13.2. The molecule has 0 amide bonds. The molecule has 2 aromatic carbocycles. The normalized spacial score (nSPS) is 11.8. The van der Waals surface area contributed by atoms with Crippen molar-refractivity contribution in [3.8, 4) is 17.1 Å². The first-order valence-electron chi connectivity index (χ1n) is 8.67. The van der Waals surface area contributed by atoms with E-state index in [1.54, 1.807) is 17.7 Å². The quantitative estimate of drug-likeness (QED) is 0.367. The van der Waals surface area contributed by atoms with E-state index in [0.29, 0.717) is 21.6 Å². The Labute approximate surface area is 188 Å². The maximum Gasteiger partial charge on any atom is 0.418 e. The standard InChI is InChI=1S/C18H12Cl2F3N7S/c1-29-16(11-4-2-3-5-13(11)20)25-26-17(29)31-9-15-24-27-28-30(15)14-7-6-10(19)8-12(14)18(21,22)23/h2-8H,9H2,1H3. The lowest BCUT2D eigenvalue weighted by atomic mass is 10.1. The molecule has 0 aliphatic heterocycles. The Hall–Kier alpha value is -2.63. The van der Waals surface area contributed by atoms with Crippen molar-refractivity contribution in [1.82, 2.24) is 35.0 Å². The lowest BCUT2D eigenvalue weighted by Gasteiger charge is -2.13. The van der Waals surface area contributed by atoms with Gasteiger partial charge in [-0.05, 0) is 40.8 Å². The number of hydrogen-bond acceptors (Lipinski definition) is 6. The van der Waals surface area contributed by atoms with E-state index in [1.165, 1.54) is 23.9 Å². The van der Waals surface area contributed by atoms with E-state index in [1.807, 2.05) is 18.2 Å². The third kappa shape index (κ3) is 4.39. The second-order valence-electron chi connectivity index (χ2n) is 6.30. The SMILES string of the molecule is Cn1c(SCc2nnnn2-c2ccc(Cl)cc2C(F)(F)F)nnc1-c1ccccc1Cl. The van der Waals surface area contributed by atoms with Gasteiger partial charge in [-0.2, -0.15) is 17.9 Å². The van der Waals surface area contributed by atoms with E-state index < -0.39 is 11.7 Å². The molecular weight excluding hydrogens is 474 g/mol. The molecule has 13 heteroatoms. The molecule has 0 N–H and O–H groups in total. The van der Waals surface area contributed by atoms with E-state index in [9.17, 15) is 13.2 Å². The van der Waals surface area contributed by atoms with Crippen molar-refractivity contribution in [2.75, 3.05) is 0 Å². The van der Waals surface area contributed by atoms with Crippen molar-refractivity contribution in [3.05, 3.63) is 63.9 Å². The molecule has 4 rings (SSSR count). The van der Waals surface area contributed by atoms with Gasteiger partial charge in [-0.3, -0.25) is 0 Å². The van der Waals surface area contributed by atoms with Crippen LogP contribution in [0.3, 0.4) is 0 Å². The Kier molecular flexibility index (Phi) is 5.91. The zero-order chi connectivity index (χ0) is 22.2. The second kappa shape index (κ2) is 8.48. The van der Waals surface area contributed by atoms with Gasteiger partial charge in [0.15, 0.2) is 16.8 Å². The van der Waals surface area contributed by atoms with Crippen molar-refractivity contribution >= 4 is 35.0 Å². The van der Waals surface area contributed by atoms with Crippen LogP contribution in [0.5, 0.6) is 0 Å². The highest BCUT2D eigenvalue weighted by Crippen LogP contribution is 2.36. The van der Waals surface area contributed by atoms with Gasteiger partial charge in [0.25, 0.3) is 0 Å². The number of thioether (sulfide) groups is 1. The summed E-state index contributed by atoms with van der Waals surface area (Å²) in [6, 6.07) is 10.6. The predicted octanol–water partition coefficient (Wildman–Crippen LogP) is 5.08. The number of nitrogens with zero attached hydrogens (tertiary/aromatic N) is 7. The van der Waals surface area contributed by atoms with Crippen molar-refractivity contribution in [1.29, 1.82) is 0 Å². The highest BCUT2D eigenvalue weighted by Gasteiger charge is 2.35. The summed E-state index contributed by atoms with van der Waals surface area (Å²) in [5.41, 5.74) is -0.433. The Morgan fingerprint density at radius 3 is 2.55 bits per heavy atom. The molecule has 0 bridgehead atoms. The van der Waals surface area contributed by atoms with E-state index in [-0.39, 0.29) is 22.3 Å². The number of alkyl halides is 3. The molecule has 4 aromatic rings. The zero-order valence-electron chi connectivity index (χ0n) is 15.7. The van der Waals surface area contributed by atoms with Gasteiger partial charge in [-0.15, -0.1) is 15.3 Å². The largest absolute Gasteiger partial charge is 0.418 e. The van der Waals surface area contributed by atoms with Crippen LogP contribution in [-0.4, -0.2) is 35.0 Å². The third-order valence-corrected chi connectivity index (χ3v) is 5.89. The number of tetrazole rings is 1. The molecule has 0 saturated heterocycles. The lowest BCUT2D eigenvalue weighted by Crippen LogP contribution is -2.13. The number of rotatable bonds is 5. The van der Waals surface area contributed by atoms with Crippen LogP contribution in [0.2, 0.25) is 10.0 Å². The fraction of sp³-hybridized carbons (Fsp3) is 0.167. The molecule has 2 aromatic heterocycles. The zero-order valence-corrected chi connectivity index (χ0v) is 18.0. The summed E-state index contributed by atoms with van der Waals surface area (Å²) in [6.07, 6.45) is -4.62. The van der Waals surface area contributed by atoms with Crippen LogP contribution in [0.25, 0.3) is 17.1 Å². The predicted molar refractivity (Wildman–Crippen MR) is 110 cm³/mol. The van der Waals surface area contributed by atoms with E-state index >= 15 is 0 Å². The van der Waals surface area contributed by atoms with Crippen molar-refractivity contribution in [2.24, 2.45) is 7.05 Å². The summed E-state index contributed by atoms with van der Waals surface area (Å²) in [5, 5.41) is 20.5. The maximum atomic E-state index is 13.5. The number of hydrogen-bond donors (Lipinski definition) is 0. The summed E-state index contributed by atoms with van der Waals surface area (Å²) in [4.78, 5) is 0. The molecule has 0 saturated carbocycles. The maximum absolute atomic E-state index is 13.5. The average Bonchev–Trinajstić information content (AvgIpc) is 3.33. The molecule has 2 heterocycles. The van der Waals surface area contributed by atoms with E-state index in [0.717, 1.165) is 10.7 Å². The smallest absolute Gasteiger partial charge is 0.305 e. The summed E-state index contributed by atoms with van der Waals surface area (Å²) in [7, 11) is 1.77. The molecule has 0 aliphatic carbocycles. The fourth-order valence-electron chi connectivity index (χ4n) is 2.85. The van der Waals surface area contributed by atoms with E-state index in [4.69, 9.17) is 23.2 Å². The topological polar surface area (TPSA) is 74.3 Å². The summed E-state index contributed by atoms with van der Waals surface area (Å²) in [6.45, 7) is 0. The van der Waals surface area contributed by atoms with Crippen LogP contribution >= 0.6 is 35.0 Å². The first-order valence-corrected chi connectivity index (χ1v) is 10.4. The Bertz CT molecular complexity index is 1240.